The van der Waals surface area contributed by atoms with Gasteiger partial charge in [0, 0.05) is 50.8 Å². The van der Waals surface area contributed by atoms with E-state index < -0.39 is 0 Å². The number of rotatable bonds is 4. The monoisotopic (exact) mass is 395 g/mol. The number of aryl methyl sites for hydroxylation is 2. The Labute approximate surface area is 171 Å². The second-order valence-electron chi connectivity index (χ2n) is 8.00. The Bertz CT molecular complexity index is 864. The van der Waals surface area contributed by atoms with Crippen LogP contribution in [0.3, 0.4) is 0 Å². The third kappa shape index (κ3) is 4.67. The lowest BCUT2D eigenvalue weighted by Crippen LogP contribution is -2.44. The van der Waals surface area contributed by atoms with Crippen LogP contribution < -0.4 is 4.90 Å². The molecule has 1 aromatic carbocycles. The molecule has 7 heteroatoms. The molecule has 7 nitrogen and oxygen atoms in total. The number of benzene rings is 1. The zero-order valence-corrected chi connectivity index (χ0v) is 17.1. The summed E-state index contributed by atoms with van der Waals surface area (Å²) in [7, 11) is 0. The van der Waals surface area contributed by atoms with E-state index in [1.54, 1.807) is 17.1 Å². The summed E-state index contributed by atoms with van der Waals surface area (Å²) < 4.78 is 1.66. The predicted molar refractivity (Wildman–Crippen MR) is 112 cm³/mol. The van der Waals surface area contributed by atoms with Gasteiger partial charge >= 0.3 is 0 Å². The van der Waals surface area contributed by atoms with E-state index in [0.717, 1.165) is 51.1 Å². The fourth-order valence-corrected chi connectivity index (χ4v) is 4.27. The molecule has 0 aliphatic carbocycles. The second-order valence-corrected chi connectivity index (χ2v) is 8.00. The van der Waals surface area contributed by atoms with Crippen molar-refractivity contribution in [1.82, 2.24) is 19.6 Å². The van der Waals surface area contributed by atoms with Gasteiger partial charge in [0.15, 0.2) is 0 Å². The van der Waals surface area contributed by atoms with Crippen molar-refractivity contribution in [3.8, 4) is 0 Å². The Kier molecular flexibility index (Phi) is 5.94. The van der Waals surface area contributed by atoms with Crippen LogP contribution in [0.1, 0.15) is 24.0 Å². The maximum atomic E-state index is 13.0. The topological polar surface area (TPSA) is 61.7 Å². The summed E-state index contributed by atoms with van der Waals surface area (Å²) in [4.78, 5) is 31.6. The van der Waals surface area contributed by atoms with Gasteiger partial charge in [0.25, 0.3) is 0 Å². The van der Waals surface area contributed by atoms with Gasteiger partial charge in [-0.1, -0.05) is 17.7 Å². The number of anilines is 1. The largest absolute Gasteiger partial charge is 0.340 e. The van der Waals surface area contributed by atoms with Crippen LogP contribution in [-0.2, 0) is 22.6 Å². The summed E-state index contributed by atoms with van der Waals surface area (Å²) in [6.07, 6.45) is 6.42. The van der Waals surface area contributed by atoms with Crippen molar-refractivity contribution >= 4 is 17.5 Å². The van der Waals surface area contributed by atoms with Crippen LogP contribution in [0, 0.1) is 6.92 Å². The first-order valence-corrected chi connectivity index (χ1v) is 10.5. The van der Waals surface area contributed by atoms with E-state index >= 15 is 0 Å². The molecule has 1 fully saturated rings. The van der Waals surface area contributed by atoms with E-state index in [1.165, 1.54) is 11.1 Å². The van der Waals surface area contributed by atoms with Crippen LogP contribution in [-0.4, -0.2) is 70.7 Å². The molecular weight excluding hydrogens is 366 g/mol. The van der Waals surface area contributed by atoms with E-state index in [2.05, 4.69) is 35.1 Å². The SMILES string of the molecule is Cc1ccc2c(c1)CCCN2C(=O)CN1CCCN(C(=O)Cn2cccn2)CC1. The first-order valence-electron chi connectivity index (χ1n) is 10.5. The highest BCUT2D eigenvalue weighted by molar-refractivity contribution is 5.96. The number of hydrogen-bond donors (Lipinski definition) is 0. The molecule has 0 saturated carbocycles. The fraction of sp³-hybridized carbons (Fsp3) is 0.500. The van der Waals surface area contributed by atoms with Crippen LogP contribution in [0.4, 0.5) is 5.69 Å². The normalized spacial score (nSPS) is 17.7. The maximum Gasteiger partial charge on any atom is 0.244 e. The van der Waals surface area contributed by atoms with Crippen LogP contribution in [0.2, 0.25) is 0 Å². The molecule has 0 N–H and O–H groups in total. The number of hydrogen-bond acceptors (Lipinski definition) is 4. The van der Waals surface area contributed by atoms with Gasteiger partial charge in [-0.2, -0.15) is 5.10 Å². The van der Waals surface area contributed by atoms with Gasteiger partial charge < -0.3 is 9.80 Å². The van der Waals surface area contributed by atoms with Crippen molar-refractivity contribution in [2.75, 3.05) is 44.2 Å². The molecule has 0 unspecified atom stereocenters. The zero-order valence-electron chi connectivity index (χ0n) is 17.1. The molecule has 0 radical (unpaired) electrons. The van der Waals surface area contributed by atoms with Crippen molar-refractivity contribution in [3.63, 3.8) is 0 Å². The standard InChI is InChI=1S/C22H29N5O2/c1-18-6-7-20-19(15-18)5-2-12-27(20)22(29)16-24-9-4-10-25(14-13-24)21(28)17-26-11-3-8-23-26/h3,6-8,11,15H,2,4-5,9-10,12-14,16-17H2,1H3. The van der Waals surface area contributed by atoms with Gasteiger partial charge in [-0.3, -0.25) is 19.2 Å². The molecule has 4 rings (SSSR count). The Morgan fingerprint density at radius 1 is 1.00 bits per heavy atom. The van der Waals surface area contributed by atoms with E-state index in [-0.39, 0.29) is 18.4 Å². The highest BCUT2D eigenvalue weighted by Gasteiger charge is 2.26. The van der Waals surface area contributed by atoms with Gasteiger partial charge in [0.2, 0.25) is 11.8 Å². The molecule has 3 heterocycles. The molecule has 2 amide bonds. The molecule has 1 aromatic heterocycles. The van der Waals surface area contributed by atoms with Gasteiger partial charge in [-0.15, -0.1) is 0 Å². The van der Waals surface area contributed by atoms with Gasteiger partial charge in [0.05, 0.1) is 6.54 Å². The number of carbonyl (C=O) groups excluding carboxylic acids is 2. The summed E-state index contributed by atoms with van der Waals surface area (Å²) in [6, 6.07) is 8.19. The van der Waals surface area contributed by atoms with Gasteiger partial charge in [0.1, 0.15) is 6.54 Å². The third-order valence-electron chi connectivity index (χ3n) is 5.81. The summed E-state index contributed by atoms with van der Waals surface area (Å²) in [5.74, 6) is 0.244. The lowest BCUT2D eigenvalue weighted by Gasteiger charge is -2.31. The first-order chi connectivity index (χ1) is 14.1. The Morgan fingerprint density at radius 3 is 2.72 bits per heavy atom. The van der Waals surface area contributed by atoms with Crippen LogP contribution >= 0.6 is 0 Å². The Hall–Kier alpha value is -2.67. The third-order valence-corrected chi connectivity index (χ3v) is 5.81. The zero-order chi connectivity index (χ0) is 20.2. The number of amides is 2. The van der Waals surface area contributed by atoms with Gasteiger partial charge in [-0.25, -0.2) is 0 Å². The average molecular weight is 396 g/mol. The predicted octanol–water partition coefficient (Wildman–Crippen LogP) is 1.71. The average Bonchev–Trinajstić information content (AvgIpc) is 3.11. The molecule has 154 valence electrons. The molecule has 0 bridgehead atoms. The fourth-order valence-electron chi connectivity index (χ4n) is 4.27. The summed E-state index contributed by atoms with van der Waals surface area (Å²) in [5.41, 5.74) is 3.58. The highest BCUT2D eigenvalue weighted by Crippen LogP contribution is 2.28. The van der Waals surface area contributed by atoms with E-state index in [0.29, 0.717) is 13.1 Å². The molecule has 2 aromatic rings. The summed E-state index contributed by atoms with van der Waals surface area (Å²) in [5, 5.41) is 4.11. The van der Waals surface area contributed by atoms with Crippen molar-refractivity contribution < 1.29 is 9.59 Å². The van der Waals surface area contributed by atoms with Crippen molar-refractivity contribution in [2.24, 2.45) is 0 Å². The minimum Gasteiger partial charge on any atom is -0.340 e. The first kappa shape index (κ1) is 19.6. The molecular formula is C22H29N5O2. The summed E-state index contributed by atoms with van der Waals surface area (Å²) >= 11 is 0. The van der Waals surface area contributed by atoms with Gasteiger partial charge in [-0.05, 0) is 43.9 Å². The Morgan fingerprint density at radius 2 is 1.90 bits per heavy atom. The van der Waals surface area contributed by atoms with Crippen LogP contribution in [0.5, 0.6) is 0 Å². The maximum absolute atomic E-state index is 13.0. The highest BCUT2D eigenvalue weighted by atomic mass is 16.2. The van der Waals surface area contributed by atoms with E-state index in [4.69, 9.17) is 0 Å². The summed E-state index contributed by atoms with van der Waals surface area (Å²) in [6.45, 7) is 6.52. The van der Waals surface area contributed by atoms with Crippen LogP contribution in [0.15, 0.2) is 36.7 Å². The lowest BCUT2D eigenvalue weighted by atomic mass is 9.99. The number of carbonyl (C=O) groups is 2. The van der Waals surface area contributed by atoms with Crippen molar-refractivity contribution in [2.45, 2.75) is 32.7 Å². The minimum absolute atomic E-state index is 0.0854. The smallest absolute Gasteiger partial charge is 0.244 e. The second kappa shape index (κ2) is 8.78. The van der Waals surface area contributed by atoms with E-state index in [9.17, 15) is 9.59 Å². The number of aromatic nitrogens is 2. The van der Waals surface area contributed by atoms with Crippen molar-refractivity contribution in [1.29, 1.82) is 0 Å². The van der Waals surface area contributed by atoms with E-state index in [1.807, 2.05) is 15.9 Å². The lowest BCUT2D eigenvalue weighted by molar-refractivity contribution is -0.131. The van der Waals surface area contributed by atoms with Crippen LogP contribution in [0.25, 0.3) is 0 Å². The molecule has 2 aliphatic heterocycles. The number of nitrogens with zero attached hydrogens (tertiary/aromatic N) is 5. The minimum atomic E-state index is 0.0854. The Balaban J connectivity index is 1.34. The molecule has 0 atom stereocenters. The molecule has 2 aliphatic rings. The van der Waals surface area contributed by atoms with Crippen molar-refractivity contribution in [3.05, 3.63) is 47.8 Å². The number of fused-ring (bicyclic) bond motifs is 1. The molecule has 0 spiro atoms. The molecule has 1 saturated heterocycles. The molecule has 29 heavy (non-hydrogen) atoms. The quantitative estimate of drug-likeness (QED) is 0.791.